The van der Waals surface area contributed by atoms with Crippen LogP contribution < -0.4 is 14.8 Å². The van der Waals surface area contributed by atoms with Crippen LogP contribution in [0.4, 0.5) is 10.1 Å². The Labute approximate surface area is 196 Å². The Morgan fingerprint density at radius 3 is 2.70 bits per heavy atom. The first-order valence-corrected chi connectivity index (χ1v) is 12.9. The number of nitrogens with zero attached hydrogens (tertiary/aromatic N) is 1. The van der Waals surface area contributed by atoms with E-state index in [9.17, 15) is 17.6 Å². The summed E-state index contributed by atoms with van der Waals surface area (Å²) in [6.07, 6.45) is 5.46. The highest BCUT2D eigenvalue weighted by atomic mass is 32.2. The van der Waals surface area contributed by atoms with E-state index >= 15 is 0 Å². The van der Waals surface area contributed by atoms with Crippen molar-refractivity contribution in [3.8, 4) is 5.75 Å². The Balaban J connectivity index is 1.70. The largest absolute Gasteiger partial charge is 0.489 e. The summed E-state index contributed by atoms with van der Waals surface area (Å²) in [5.41, 5.74) is 1.34. The molecule has 0 radical (unpaired) electrons. The van der Waals surface area contributed by atoms with Crippen LogP contribution in [0.25, 0.3) is 0 Å². The highest BCUT2D eigenvalue weighted by Gasteiger charge is 2.27. The molecule has 174 valence electrons. The number of carbonyl (C=O) groups excluding carboxylic acids is 1. The van der Waals surface area contributed by atoms with Crippen molar-refractivity contribution in [2.24, 2.45) is 0 Å². The second-order valence-electron chi connectivity index (χ2n) is 7.05. The predicted octanol–water partition coefficient (Wildman–Crippen LogP) is 3.84. The van der Waals surface area contributed by atoms with E-state index in [0.717, 1.165) is 17.7 Å². The first-order valence-electron chi connectivity index (χ1n) is 10.1. The van der Waals surface area contributed by atoms with E-state index in [1.54, 1.807) is 36.7 Å². The van der Waals surface area contributed by atoms with Gasteiger partial charge in [0.25, 0.3) is 0 Å². The Bertz CT molecular complexity index is 1180. The van der Waals surface area contributed by atoms with E-state index in [1.807, 2.05) is 18.4 Å². The van der Waals surface area contributed by atoms with Gasteiger partial charge >= 0.3 is 0 Å². The van der Waals surface area contributed by atoms with Crippen LogP contribution >= 0.6 is 11.8 Å². The summed E-state index contributed by atoms with van der Waals surface area (Å²) >= 11 is 1.47. The van der Waals surface area contributed by atoms with Crippen LogP contribution in [-0.2, 0) is 21.4 Å². The van der Waals surface area contributed by atoms with Crippen LogP contribution in [0, 0.1) is 5.82 Å². The van der Waals surface area contributed by atoms with Gasteiger partial charge in [-0.2, -0.15) is 16.5 Å². The first kappa shape index (κ1) is 24.7. The number of thioether (sulfide) groups is 1. The molecule has 10 heteroatoms. The SMILES string of the molecule is CSCCC(NS(=O)(=O)c1ccccc1F)C(=O)Nc1cccc(OCc2cccnc2)c1. The van der Waals surface area contributed by atoms with Gasteiger partial charge in [-0.05, 0) is 48.8 Å². The Morgan fingerprint density at radius 2 is 1.97 bits per heavy atom. The minimum Gasteiger partial charge on any atom is -0.489 e. The van der Waals surface area contributed by atoms with Crippen molar-refractivity contribution in [2.45, 2.75) is 24.0 Å². The second kappa shape index (κ2) is 11.8. The Morgan fingerprint density at radius 1 is 1.15 bits per heavy atom. The van der Waals surface area contributed by atoms with Gasteiger partial charge in [-0.1, -0.05) is 24.3 Å². The molecular formula is C23H24FN3O4S2. The minimum absolute atomic E-state index is 0.234. The predicted molar refractivity (Wildman–Crippen MR) is 127 cm³/mol. The Kier molecular flexibility index (Phi) is 8.81. The maximum Gasteiger partial charge on any atom is 0.244 e. The number of ether oxygens (including phenoxy) is 1. The zero-order valence-electron chi connectivity index (χ0n) is 17.9. The quantitative estimate of drug-likeness (QED) is 0.425. The normalized spacial score (nSPS) is 12.2. The van der Waals surface area contributed by atoms with Crippen LogP contribution in [0.5, 0.6) is 5.75 Å². The van der Waals surface area contributed by atoms with Crippen LogP contribution in [0.15, 0.2) is 78.0 Å². The molecule has 0 bridgehead atoms. The Hall–Kier alpha value is -2.95. The molecule has 2 N–H and O–H groups in total. The summed E-state index contributed by atoms with van der Waals surface area (Å²) in [5.74, 6) is -0.364. The van der Waals surface area contributed by atoms with E-state index in [2.05, 4.69) is 15.0 Å². The number of aromatic nitrogens is 1. The minimum atomic E-state index is -4.23. The maximum absolute atomic E-state index is 14.0. The first-order chi connectivity index (χ1) is 15.9. The molecule has 1 aromatic heterocycles. The second-order valence-corrected chi connectivity index (χ2v) is 9.72. The fourth-order valence-electron chi connectivity index (χ4n) is 2.94. The third-order valence-corrected chi connectivity index (χ3v) is 6.73. The van der Waals surface area contributed by atoms with Gasteiger partial charge in [0.1, 0.15) is 29.1 Å². The zero-order valence-corrected chi connectivity index (χ0v) is 19.5. The van der Waals surface area contributed by atoms with Gasteiger partial charge in [0.05, 0.1) is 0 Å². The fraction of sp³-hybridized carbons (Fsp3) is 0.217. The van der Waals surface area contributed by atoms with Crippen LogP contribution in [0.2, 0.25) is 0 Å². The molecule has 2 aromatic carbocycles. The highest BCUT2D eigenvalue weighted by molar-refractivity contribution is 7.98. The molecule has 3 rings (SSSR count). The summed E-state index contributed by atoms with van der Waals surface area (Å²) < 4.78 is 47.5. The molecule has 1 heterocycles. The summed E-state index contributed by atoms with van der Waals surface area (Å²) in [6.45, 7) is 0.310. The summed E-state index contributed by atoms with van der Waals surface area (Å²) in [4.78, 5) is 16.4. The molecular weight excluding hydrogens is 465 g/mol. The van der Waals surface area contributed by atoms with E-state index in [-0.39, 0.29) is 6.42 Å². The van der Waals surface area contributed by atoms with Crippen molar-refractivity contribution < 1.29 is 22.3 Å². The van der Waals surface area contributed by atoms with Crippen LogP contribution in [0.1, 0.15) is 12.0 Å². The lowest BCUT2D eigenvalue weighted by atomic mass is 10.2. The van der Waals surface area contributed by atoms with E-state index in [0.29, 0.717) is 23.8 Å². The average molecular weight is 490 g/mol. The number of pyridine rings is 1. The molecule has 7 nitrogen and oxygen atoms in total. The molecule has 0 saturated heterocycles. The molecule has 0 aliphatic rings. The molecule has 0 aliphatic heterocycles. The van der Waals surface area contributed by atoms with Crippen molar-refractivity contribution in [3.63, 3.8) is 0 Å². The van der Waals surface area contributed by atoms with Gasteiger partial charge in [-0.3, -0.25) is 9.78 Å². The molecule has 33 heavy (non-hydrogen) atoms. The van der Waals surface area contributed by atoms with Crippen molar-refractivity contribution in [1.82, 2.24) is 9.71 Å². The van der Waals surface area contributed by atoms with Crippen molar-refractivity contribution >= 4 is 33.4 Å². The van der Waals surface area contributed by atoms with Gasteiger partial charge in [0, 0.05) is 29.7 Å². The number of hydrogen-bond acceptors (Lipinski definition) is 6. The zero-order chi connectivity index (χ0) is 23.7. The van der Waals surface area contributed by atoms with Gasteiger partial charge in [0.2, 0.25) is 15.9 Å². The number of nitrogens with one attached hydrogen (secondary N) is 2. The van der Waals surface area contributed by atoms with Crippen LogP contribution in [0.3, 0.4) is 0 Å². The molecule has 0 fully saturated rings. The summed E-state index contributed by atoms with van der Waals surface area (Å²) in [5, 5.41) is 2.72. The lowest BCUT2D eigenvalue weighted by Gasteiger charge is -2.19. The maximum atomic E-state index is 14.0. The van der Waals surface area contributed by atoms with Crippen molar-refractivity contribution in [2.75, 3.05) is 17.3 Å². The molecule has 3 aromatic rings. The molecule has 1 unspecified atom stereocenters. The third-order valence-electron chi connectivity index (χ3n) is 4.58. The van der Waals surface area contributed by atoms with Crippen molar-refractivity contribution in [3.05, 3.63) is 84.4 Å². The molecule has 0 spiro atoms. The topological polar surface area (TPSA) is 97.4 Å². The lowest BCUT2D eigenvalue weighted by molar-refractivity contribution is -0.117. The number of carbonyl (C=O) groups is 1. The van der Waals surface area contributed by atoms with Crippen molar-refractivity contribution in [1.29, 1.82) is 0 Å². The lowest BCUT2D eigenvalue weighted by Crippen LogP contribution is -2.44. The van der Waals surface area contributed by atoms with E-state index in [1.165, 1.54) is 23.9 Å². The average Bonchev–Trinajstić information content (AvgIpc) is 2.81. The number of hydrogen-bond donors (Lipinski definition) is 2. The standard InChI is InChI=1S/C23H24FN3O4S2/c1-32-13-11-21(27-33(29,30)22-10-3-2-9-20(22)24)23(28)26-18-7-4-8-19(14-18)31-16-17-6-5-12-25-15-17/h2-10,12,14-15,21,27H,11,13,16H2,1H3,(H,26,28). The third kappa shape index (κ3) is 7.28. The van der Waals surface area contributed by atoms with Gasteiger partial charge in [-0.15, -0.1) is 0 Å². The molecule has 1 amide bonds. The number of rotatable bonds is 11. The fourth-order valence-corrected chi connectivity index (χ4v) is 4.72. The molecule has 0 saturated carbocycles. The van der Waals surface area contributed by atoms with Crippen LogP contribution in [-0.4, -0.2) is 37.4 Å². The number of amides is 1. The van der Waals surface area contributed by atoms with Gasteiger partial charge in [-0.25, -0.2) is 12.8 Å². The van der Waals surface area contributed by atoms with Gasteiger partial charge in [0.15, 0.2) is 0 Å². The number of sulfonamides is 1. The summed E-state index contributed by atoms with van der Waals surface area (Å²) in [7, 11) is -4.23. The number of anilines is 1. The summed E-state index contributed by atoms with van der Waals surface area (Å²) in [6, 6.07) is 14.4. The molecule has 1 atom stereocenters. The van der Waals surface area contributed by atoms with E-state index in [4.69, 9.17) is 4.74 Å². The number of benzene rings is 2. The monoisotopic (exact) mass is 489 g/mol. The van der Waals surface area contributed by atoms with Gasteiger partial charge < -0.3 is 10.1 Å². The smallest absolute Gasteiger partial charge is 0.244 e. The van der Waals surface area contributed by atoms with E-state index < -0.39 is 32.7 Å². The molecule has 0 aliphatic carbocycles. The highest BCUT2D eigenvalue weighted by Crippen LogP contribution is 2.20. The number of halogens is 1.